The summed E-state index contributed by atoms with van der Waals surface area (Å²) in [7, 11) is 0. The number of aromatic nitrogens is 2. The highest BCUT2D eigenvalue weighted by atomic mass is 32.1. The minimum absolute atomic E-state index is 0.0906. The van der Waals surface area contributed by atoms with E-state index in [9.17, 15) is 9.59 Å². The Bertz CT molecular complexity index is 985. The van der Waals surface area contributed by atoms with Gasteiger partial charge >= 0.3 is 0 Å². The molecule has 4 aliphatic carbocycles. The zero-order valence-corrected chi connectivity index (χ0v) is 20.0. The summed E-state index contributed by atoms with van der Waals surface area (Å²) >= 11 is 1.56. The van der Waals surface area contributed by atoms with Crippen molar-refractivity contribution < 1.29 is 14.3 Å². The fourth-order valence-electron chi connectivity index (χ4n) is 6.52. The standard InChI is InChI=1S/C25H32N4O3S/c1-2-32-20-7-4-3-6-19(20)22(31)26-9-5-8-21(30)27-24-29-28-23(33-24)25-13-16-10-17(14-25)12-18(11-16)15-25/h3-4,6-7,16-18H,2,5,8-15H2,1H3,(H,26,31)(H,27,29,30). The van der Waals surface area contributed by atoms with Gasteiger partial charge < -0.3 is 15.4 Å². The molecule has 1 aromatic carbocycles. The Balaban J connectivity index is 1.09. The minimum Gasteiger partial charge on any atom is -0.493 e. The van der Waals surface area contributed by atoms with Crippen LogP contribution in [0.25, 0.3) is 0 Å². The molecule has 0 aliphatic heterocycles. The molecule has 7 nitrogen and oxygen atoms in total. The topological polar surface area (TPSA) is 93.2 Å². The minimum atomic E-state index is -0.191. The van der Waals surface area contributed by atoms with Gasteiger partial charge in [-0.1, -0.05) is 23.5 Å². The molecule has 33 heavy (non-hydrogen) atoms. The summed E-state index contributed by atoms with van der Waals surface area (Å²) in [5.74, 6) is 2.86. The average molecular weight is 469 g/mol. The van der Waals surface area contributed by atoms with Gasteiger partial charge in [-0.2, -0.15) is 0 Å². The van der Waals surface area contributed by atoms with Crippen molar-refractivity contribution in [2.24, 2.45) is 17.8 Å². The molecule has 176 valence electrons. The third-order valence-corrected chi connectivity index (χ3v) is 8.55. The fraction of sp³-hybridized carbons (Fsp3) is 0.600. The summed E-state index contributed by atoms with van der Waals surface area (Å²) in [6.45, 7) is 2.80. The second-order valence-corrected chi connectivity index (χ2v) is 10.9. The molecule has 2 N–H and O–H groups in total. The largest absolute Gasteiger partial charge is 0.493 e. The lowest BCUT2D eigenvalue weighted by Gasteiger charge is -2.55. The maximum Gasteiger partial charge on any atom is 0.255 e. The maximum absolute atomic E-state index is 12.4. The zero-order chi connectivity index (χ0) is 22.8. The molecule has 0 radical (unpaired) electrons. The fourth-order valence-corrected chi connectivity index (χ4v) is 7.50. The molecule has 0 saturated heterocycles. The number of anilines is 1. The number of amides is 2. The zero-order valence-electron chi connectivity index (χ0n) is 19.1. The lowest BCUT2D eigenvalue weighted by atomic mass is 9.50. The van der Waals surface area contributed by atoms with Gasteiger partial charge in [0.15, 0.2) is 0 Å². The van der Waals surface area contributed by atoms with Crippen molar-refractivity contribution in [1.82, 2.24) is 15.5 Å². The number of carbonyl (C=O) groups excluding carboxylic acids is 2. The van der Waals surface area contributed by atoms with Crippen LogP contribution in [-0.2, 0) is 10.2 Å². The predicted octanol–water partition coefficient (Wildman–Crippen LogP) is 4.55. The van der Waals surface area contributed by atoms with Gasteiger partial charge in [-0.3, -0.25) is 9.59 Å². The smallest absolute Gasteiger partial charge is 0.255 e. The van der Waals surface area contributed by atoms with E-state index in [1.807, 2.05) is 19.1 Å². The second-order valence-electron chi connectivity index (χ2n) is 9.95. The van der Waals surface area contributed by atoms with Crippen LogP contribution >= 0.6 is 11.3 Å². The van der Waals surface area contributed by atoms with Crippen LogP contribution in [0.3, 0.4) is 0 Å². The van der Waals surface area contributed by atoms with Gasteiger partial charge in [-0.05, 0) is 81.8 Å². The number of nitrogens with one attached hydrogen (secondary N) is 2. The van der Waals surface area contributed by atoms with Gasteiger partial charge in [0.2, 0.25) is 11.0 Å². The molecule has 8 heteroatoms. The van der Waals surface area contributed by atoms with Crippen molar-refractivity contribution >= 4 is 28.3 Å². The third-order valence-electron chi connectivity index (χ3n) is 7.46. The molecule has 2 aromatic rings. The van der Waals surface area contributed by atoms with Crippen molar-refractivity contribution in [1.29, 1.82) is 0 Å². The summed E-state index contributed by atoms with van der Waals surface area (Å²) in [6.07, 6.45) is 8.80. The van der Waals surface area contributed by atoms with Crippen molar-refractivity contribution in [2.75, 3.05) is 18.5 Å². The van der Waals surface area contributed by atoms with Gasteiger partial charge in [0.05, 0.1) is 12.2 Å². The first kappa shape index (κ1) is 22.3. The van der Waals surface area contributed by atoms with E-state index in [1.165, 1.54) is 38.5 Å². The van der Waals surface area contributed by atoms with E-state index in [1.54, 1.807) is 23.5 Å². The molecule has 0 atom stereocenters. The Morgan fingerprint density at radius 3 is 2.48 bits per heavy atom. The van der Waals surface area contributed by atoms with Crippen LogP contribution in [0, 0.1) is 17.8 Å². The average Bonchev–Trinajstić information content (AvgIpc) is 3.26. The highest BCUT2D eigenvalue weighted by molar-refractivity contribution is 7.15. The predicted molar refractivity (Wildman–Crippen MR) is 128 cm³/mol. The van der Waals surface area contributed by atoms with E-state index >= 15 is 0 Å². The maximum atomic E-state index is 12.4. The van der Waals surface area contributed by atoms with E-state index in [-0.39, 0.29) is 17.2 Å². The number of hydrogen-bond donors (Lipinski definition) is 2. The summed E-state index contributed by atoms with van der Waals surface area (Å²) < 4.78 is 5.51. The molecule has 0 unspecified atom stereocenters. The van der Waals surface area contributed by atoms with Crippen molar-refractivity contribution in [3.63, 3.8) is 0 Å². The van der Waals surface area contributed by atoms with E-state index in [0.717, 1.165) is 22.8 Å². The van der Waals surface area contributed by atoms with Crippen LogP contribution in [0.15, 0.2) is 24.3 Å². The molecule has 4 fully saturated rings. The normalized spacial score (nSPS) is 27.4. The molecule has 0 spiro atoms. The highest BCUT2D eigenvalue weighted by Gasteiger charge is 2.53. The van der Waals surface area contributed by atoms with Gasteiger partial charge in [0, 0.05) is 18.4 Å². The van der Waals surface area contributed by atoms with Crippen LogP contribution in [0.5, 0.6) is 5.75 Å². The van der Waals surface area contributed by atoms with Crippen LogP contribution in [0.1, 0.15) is 73.7 Å². The van der Waals surface area contributed by atoms with Gasteiger partial charge in [-0.15, -0.1) is 10.2 Å². The lowest BCUT2D eigenvalue weighted by Crippen LogP contribution is -2.48. The van der Waals surface area contributed by atoms with E-state index in [4.69, 9.17) is 4.74 Å². The number of carbonyl (C=O) groups is 2. The summed E-state index contributed by atoms with van der Waals surface area (Å²) in [5, 5.41) is 16.3. The van der Waals surface area contributed by atoms with E-state index < -0.39 is 0 Å². The molecular weight excluding hydrogens is 436 g/mol. The van der Waals surface area contributed by atoms with Crippen molar-refractivity contribution in [3.05, 3.63) is 34.8 Å². The molecule has 2 amide bonds. The summed E-state index contributed by atoms with van der Waals surface area (Å²) in [4.78, 5) is 24.9. The Morgan fingerprint density at radius 2 is 1.79 bits per heavy atom. The van der Waals surface area contributed by atoms with Crippen molar-refractivity contribution in [2.45, 2.75) is 63.7 Å². The SMILES string of the molecule is CCOc1ccccc1C(=O)NCCCC(=O)Nc1nnc(C23CC4CC(CC(C4)C2)C3)s1. The molecule has 6 rings (SSSR count). The van der Waals surface area contributed by atoms with Crippen LogP contribution in [0.2, 0.25) is 0 Å². The van der Waals surface area contributed by atoms with E-state index in [2.05, 4.69) is 20.8 Å². The first-order chi connectivity index (χ1) is 16.0. The van der Waals surface area contributed by atoms with Crippen LogP contribution in [0.4, 0.5) is 5.13 Å². The highest BCUT2D eigenvalue weighted by Crippen LogP contribution is 2.61. The quantitative estimate of drug-likeness (QED) is 0.527. The molecule has 1 heterocycles. The monoisotopic (exact) mass is 468 g/mol. The Morgan fingerprint density at radius 1 is 1.09 bits per heavy atom. The first-order valence-electron chi connectivity index (χ1n) is 12.2. The Hall–Kier alpha value is -2.48. The second kappa shape index (κ2) is 9.41. The summed E-state index contributed by atoms with van der Waals surface area (Å²) in [6, 6.07) is 7.17. The molecule has 1 aromatic heterocycles. The van der Waals surface area contributed by atoms with E-state index in [0.29, 0.717) is 42.4 Å². The molecule has 4 saturated carbocycles. The number of nitrogens with zero attached hydrogens (tertiary/aromatic N) is 2. The third kappa shape index (κ3) is 4.76. The number of para-hydroxylation sites is 1. The molecular formula is C25H32N4O3S. The summed E-state index contributed by atoms with van der Waals surface area (Å²) in [5.41, 5.74) is 0.715. The first-order valence-corrected chi connectivity index (χ1v) is 13.0. The van der Waals surface area contributed by atoms with Crippen LogP contribution < -0.4 is 15.4 Å². The number of rotatable bonds is 9. The molecule has 4 bridgehead atoms. The van der Waals surface area contributed by atoms with Crippen LogP contribution in [-0.4, -0.2) is 35.2 Å². The Labute approximate surface area is 198 Å². The van der Waals surface area contributed by atoms with Gasteiger partial charge in [-0.25, -0.2) is 0 Å². The Kier molecular flexibility index (Phi) is 6.36. The lowest BCUT2D eigenvalue weighted by molar-refractivity contribution is -0.116. The van der Waals surface area contributed by atoms with Crippen molar-refractivity contribution in [3.8, 4) is 5.75 Å². The molecule has 4 aliphatic rings. The number of benzene rings is 1. The van der Waals surface area contributed by atoms with Gasteiger partial charge in [0.1, 0.15) is 10.8 Å². The number of ether oxygens (including phenoxy) is 1. The number of hydrogen-bond acceptors (Lipinski definition) is 6. The van der Waals surface area contributed by atoms with Gasteiger partial charge in [0.25, 0.3) is 5.91 Å².